The van der Waals surface area contributed by atoms with Crippen LogP contribution in [0.25, 0.3) is 21.9 Å². The Morgan fingerprint density at radius 1 is 0.814 bits per heavy atom. The van der Waals surface area contributed by atoms with E-state index in [1.54, 1.807) is 12.3 Å². The average Bonchev–Trinajstić information content (AvgIpc) is 3.64. The Labute approximate surface area is 252 Å². The summed E-state index contributed by atoms with van der Waals surface area (Å²) in [5.74, 6) is -0.506. The molecule has 0 amide bonds. The summed E-state index contributed by atoms with van der Waals surface area (Å²) in [5.41, 5.74) is 9.20. The molecule has 0 radical (unpaired) electrons. The Morgan fingerprint density at radius 3 is 2.21 bits per heavy atom. The summed E-state index contributed by atoms with van der Waals surface area (Å²) >= 11 is 0. The van der Waals surface area contributed by atoms with Gasteiger partial charge in [0.25, 0.3) is 0 Å². The highest BCUT2D eigenvalue weighted by atomic mass is 16.7. The van der Waals surface area contributed by atoms with Crippen LogP contribution in [-0.4, -0.2) is 17.5 Å². The first-order valence-electron chi connectivity index (χ1n) is 15.0. The van der Waals surface area contributed by atoms with Crippen molar-refractivity contribution in [1.82, 2.24) is 0 Å². The number of carbonyl (C=O) groups is 2. The molecule has 6 rings (SSSR count). The first-order chi connectivity index (χ1) is 20.9. The maximum atomic E-state index is 13.9. The van der Waals surface area contributed by atoms with Crippen LogP contribution in [0.3, 0.4) is 0 Å². The molecule has 1 aliphatic rings. The van der Waals surface area contributed by atoms with Gasteiger partial charge in [-0.3, -0.25) is 4.79 Å². The third-order valence-electron chi connectivity index (χ3n) is 8.69. The molecule has 216 valence electrons. The predicted octanol–water partition coefficient (Wildman–Crippen LogP) is 9.15. The zero-order chi connectivity index (χ0) is 30.1. The predicted molar refractivity (Wildman–Crippen MR) is 171 cm³/mol. The van der Waals surface area contributed by atoms with Gasteiger partial charge in [0.05, 0.1) is 11.8 Å². The summed E-state index contributed by atoms with van der Waals surface area (Å²) in [7, 11) is 0. The molecule has 5 nitrogen and oxygen atoms in total. The van der Waals surface area contributed by atoms with Gasteiger partial charge in [0.15, 0.2) is 5.78 Å². The van der Waals surface area contributed by atoms with E-state index in [0.29, 0.717) is 16.8 Å². The highest BCUT2D eigenvalue weighted by Crippen LogP contribution is 2.56. The number of nitrogens with zero attached hydrogens (tertiary/aromatic N) is 1. The number of carbonyl (C=O) groups excluding carboxylic acids is 2. The number of oxime groups is 1. The lowest BCUT2D eigenvalue weighted by molar-refractivity contribution is -0.140. The van der Waals surface area contributed by atoms with Crippen LogP contribution >= 0.6 is 0 Å². The van der Waals surface area contributed by atoms with Crippen LogP contribution in [0.1, 0.15) is 90.2 Å². The molecule has 0 aliphatic heterocycles. The number of rotatable bonds is 9. The van der Waals surface area contributed by atoms with Gasteiger partial charge in [-0.25, -0.2) is 4.79 Å². The van der Waals surface area contributed by atoms with Gasteiger partial charge >= 0.3 is 5.97 Å². The fraction of sp³-hybridized carbons (Fsp3) is 0.237. The van der Waals surface area contributed by atoms with E-state index in [4.69, 9.17) is 9.25 Å². The topological polar surface area (TPSA) is 68.9 Å². The maximum Gasteiger partial charge on any atom is 0.332 e. The average molecular weight is 570 g/mol. The Hall–Kier alpha value is -4.77. The summed E-state index contributed by atoms with van der Waals surface area (Å²) in [6.45, 7) is 7.83. The van der Waals surface area contributed by atoms with E-state index in [9.17, 15) is 9.59 Å². The highest BCUT2D eigenvalue weighted by Gasteiger charge is 2.43. The zero-order valence-electron chi connectivity index (χ0n) is 25.1. The van der Waals surface area contributed by atoms with Crippen LogP contribution in [0, 0.1) is 6.92 Å². The number of furan rings is 1. The first-order valence-corrected chi connectivity index (χ1v) is 15.0. The SMILES string of the molecule is CCCC1(CCC)c2cc(/C(=N\OC(C)=O)c3ccccc3C)ccc2-c2c1cc(C(=O)c1ccoc1)c1ccccc21. The fourth-order valence-electron chi connectivity index (χ4n) is 6.95. The van der Waals surface area contributed by atoms with Crippen molar-refractivity contribution in [2.24, 2.45) is 5.16 Å². The summed E-state index contributed by atoms with van der Waals surface area (Å²) in [6.07, 6.45) is 6.89. The lowest BCUT2D eigenvalue weighted by Crippen LogP contribution is -2.26. The lowest BCUT2D eigenvalue weighted by atomic mass is 9.70. The molecule has 0 fully saturated rings. The van der Waals surface area contributed by atoms with Crippen molar-refractivity contribution in [3.8, 4) is 11.1 Å². The summed E-state index contributed by atoms with van der Waals surface area (Å²) in [4.78, 5) is 30.9. The van der Waals surface area contributed by atoms with Gasteiger partial charge in [-0.15, -0.1) is 0 Å². The summed E-state index contributed by atoms with van der Waals surface area (Å²) in [6, 6.07) is 26.6. The molecule has 0 N–H and O–H groups in total. The molecule has 5 heteroatoms. The normalized spacial score (nSPS) is 13.5. The largest absolute Gasteiger partial charge is 0.472 e. The van der Waals surface area contributed by atoms with Crippen molar-refractivity contribution >= 4 is 28.2 Å². The Balaban J connectivity index is 1.64. The number of ketones is 1. The minimum Gasteiger partial charge on any atom is -0.472 e. The highest BCUT2D eigenvalue weighted by molar-refractivity contribution is 6.20. The van der Waals surface area contributed by atoms with E-state index in [-0.39, 0.29) is 11.2 Å². The van der Waals surface area contributed by atoms with Crippen molar-refractivity contribution < 1.29 is 18.8 Å². The second-order valence-corrected chi connectivity index (χ2v) is 11.4. The standard InChI is InChI=1S/C38H35NO4/c1-5-18-38(19-6-2)33-21-26(36(39-43-25(4)40)28-12-8-7-11-24(28)3)15-16-31(33)35-30-14-10-9-13-29(30)32(22-34(35)38)37(41)27-17-20-42-23-27/h7-17,20-23H,5-6,18-19H2,1-4H3/b39-36+. The van der Waals surface area contributed by atoms with E-state index >= 15 is 0 Å². The Kier molecular flexibility index (Phi) is 7.57. The smallest absolute Gasteiger partial charge is 0.332 e. The molecule has 0 saturated carbocycles. The third-order valence-corrected chi connectivity index (χ3v) is 8.69. The number of benzene rings is 4. The van der Waals surface area contributed by atoms with Crippen LogP contribution < -0.4 is 0 Å². The second-order valence-electron chi connectivity index (χ2n) is 11.4. The quantitative estimate of drug-likeness (QED) is 0.0768. The maximum absolute atomic E-state index is 13.9. The first kappa shape index (κ1) is 28.4. The zero-order valence-corrected chi connectivity index (χ0v) is 25.1. The van der Waals surface area contributed by atoms with E-state index in [0.717, 1.165) is 53.1 Å². The van der Waals surface area contributed by atoms with Gasteiger partial charge in [0.2, 0.25) is 0 Å². The molecule has 4 aromatic carbocycles. The van der Waals surface area contributed by atoms with Crippen molar-refractivity contribution in [1.29, 1.82) is 0 Å². The van der Waals surface area contributed by atoms with Gasteiger partial charge in [-0.05, 0) is 76.6 Å². The third kappa shape index (κ3) is 4.79. The van der Waals surface area contributed by atoms with Crippen LogP contribution in [0.2, 0.25) is 0 Å². The number of fused-ring (bicyclic) bond motifs is 5. The van der Waals surface area contributed by atoms with Crippen molar-refractivity contribution in [2.75, 3.05) is 0 Å². The van der Waals surface area contributed by atoms with Gasteiger partial charge in [0, 0.05) is 29.0 Å². The summed E-state index contributed by atoms with van der Waals surface area (Å²) < 4.78 is 5.28. The molecule has 0 atom stereocenters. The van der Waals surface area contributed by atoms with Crippen LogP contribution in [0.4, 0.5) is 0 Å². The van der Waals surface area contributed by atoms with Crippen LogP contribution in [0.15, 0.2) is 101 Å². The molecule has 0 bridgehead atoms. The minimum absolute atomic E-state index is 0.0401. The molecule has 1 heterocycles. The van der Waals surface area contributed by atoms with Crippen LogP contribution in [0.5, 0.6) is 0 Å². The summed E-state index contributed by atoms with van der Waals surface area (Å²) in [5, 5.41) is 6.37. The van der Waals surface area contributed by atoms with Crippen molar-refractivity contribution in [3.63, 3.8) is 0 Å². The molecule has 0 spiro atoms. The number of hydrogen-bond acceptors (Lipinski definition) is 5. The molecule has 5 aromatic rings. The molecule has 43 heavy (non-hydrogen) atoms. The Bertz CT molecular complexity index is 1870. The van der Waals surface area contributed by atoms with E-state index < -0.39 is 5.97 Å². The fourth-order valence-corrected chi connectivity index (χ4v) is 6.95. The minimum atomic E-state index is -0.466. The van der Waals surface area contributed by atoms with Gasteiger partial charge in [-0.2, -0.15) is 0 Å². The monoisotopic (exact) mass is 569 g/mol. The molecule has 0 saturated heterocycles. The van der Waals surface area contributed by atoms with E-state index in [2.05, 4.69) is 49.3 Å². The second kappa shape index (κ2) is 11.5. The Morgan fingerprint density at radius 2 is 1.53 bits per heavy atom. The lowest BCUT2D eigenvalue weighted by Gasteiger charge is -2.32. The molecule has 1 aromatic heterocycles. The van der Waals surface area contributed by atoms with Gasteiger partial charge in [-0.1, -0.05) is 92.5 Å². The molecular formula is C38H35NO4. The molecule has 1 aliphatic carbocycles. The molecule has 0 unspecified atom stereocenters. The number of hydrogen-bond donors (Lipinski definition) is 0. The van der Waals surface area contributed by atoms with E-state index in [1.165, 1.54) is 35.4 Å². The van der Waals surface area contributed by atoms with Gasteiger partial charge in [0.1, 0.15) is 12.0 Å². The van der Waals surface area contributed by atoms with Crippen LogP contribution in [-0.2, 0) is 15.0 Å². The van der Waals surface area contributed by atoms with E-state index in [1.807, 2.05) is 49.4 Å². The van der Waals surface area contributed by atoms with Gasteiger partial charge < -0.3 is 9.25 Å². The molecular weight excluding hydrogens is 534 g/mol. The van der Waals surface area contributed by atoms with Crippen molar-refractivity contribution in [3.05, 3.63) is 130 Å². The number of aryl methyl sites for hydroxylation is 1. The van der Waals surface area contributed by atoms with Crippen molar-refractivity contribution in [2.45, 2.75) is 58.8 Å².